The Morgan fingerprint density at radius 2 is 1.85 bits per heavy atom. The van der Waals surface area contributed by atoms with Crippen molar-refractivity contribution in [1.82, 2.24) is 4.90 Å². The maximum atomic E-state index is 13.1. The molecule has 2 aromatic rings. The summed E-state index contributed by atoms with van der Waals surface area (Å²) >= 11 is 0. The van der Waals surface area contributed by atoms with E-state index < -0.39 is 0 Å². The molecule has 0 heterocycles. The number of hydrogen-bond acceptors (Lipinski definition) is 3. The predicted octanol–water partition coefficient (Wildman–Crippen LogP) is 4.61. The molecule has 140 valence electrons. The second-order valence-corrected chi connectivity index (χ2v) is 7.27. The van der Waals surface area contributed by atoms with Crippen molar-refractivity contribution in [2.24, 2.45) is 0 Å². The number of phenolic OH excluding ortho intramolecular Hbond substituents is 2. The Labute approximate surface area is 155 Å². The van der Waals surface area contributed by atoms with Crippen LogP contribution in [-0.4, -0.2) is 34.7 Å². The van der Waals surface area contributed by atoms with Gasteiger partial charge in [-0.25, -0.2) is 4.39 Å². The molecular weight excluding hydrogens is 329 g/mol. The third-order valence-electron chi connectivity index (χ3n) is 5.37. The number of hydrogen-bond donors (Lipinski definition) is 2. The van der Waals surface area contributed by atoms with E-state index in [1.54, 1.807) is 6.07 Å². The lowest BCUT2D eigenvalue weighted by Gasteiger charge is -2.32. The van der Waals surface area contributed by atoms with E-state index in [-0.39, 0.29) is 17.3 Å². The average Bonchev–Trinajstić information content (AvgIpc) is 2.64. The first-order chi connectivity index (χ1) is 12.6. The van der Waals surface area contributed by atoms with Crippen LogP contribution in [0.2, 0.25) is 0 Å². The van der Waals surface area contributed by atoms with Crippen molar-refractivity contribution in [3.05, 3.63) is 58.9 Å². The molecule has 26 heavy (non-hydrogen) atoms. The fourth-order valence-electron chi connectivity index (χ4n) is 4.02. The van der Waals surface area contributed by atoms with Crippen LogP contribution in [0.5, 0.6) is 11.5 Å². The quantitative estimate of drug-likeness (QED) is 0.711. The van der Waals surface area contributed by atoms with Crippen molar-refractivity contribution in [1.29, 1.82) is 0 Å². The Hall–Kier alpha value is -2.07. The van der Waals surface area contributed by atoms with Crippen LogP contribution in [0.25, 0.3) is 0 Å². The van der Waals surface area contributed by atoms with E-state index in [1.165, 1.54) is 17.7 Å². The lowest BCUT2D eigenvalue weighted by molar-refractivity contribution is 0.250. The van der Waals surface area contributed by atoms with Gasteiger partial charge < -0.3 is 15.1 Å². The van der Waals surface area contributed by atoms with Crippen molar-refractivity contribution in [3.8, 4) is 11.5 Å². The van der Waals surface area contributed by atoms with Crippen LogP contribution < -0.4 is 0 Å². The van der Waals surface area contributed by atoms with Crippen molar-refractivity contribution in [3.63, 3.8) is 0 Å². The Balaban J connectivity index is 1.69. The number of nitrogens with zero attached hydrogens (tertiary/aromatic N) is 1. The molecule has 0 aromatic heterocycles. The van der Waals surface area contributed by atoms with Crippen molar-refractivity contribution >= 4 is 0 Å². The number of halogens is 1. The molecule has 1 aliphatic carbocycles. The first-order valence-electron chi connectivity index (χ1n) is 9.59. The van der Waals surface area contributed by atoms with E-state index in [2.05, 4.69) is 11.8 Å². The topological polar surface area (TPSA) is 43.7 Å². The zero-order valence-electron chi connectivity index (χ0n) is 15.4. The lowest BCUT2D eigenvalue weighted by atomic mass is 9.81. The largest absolute Gasteiger partial charge is 0.504 e. The van der Waals surface area contributed by atoms with Gasteiger partial charge in [-0.1, -0.05) is 25.1 Å². The number of aromatic hydroxyl groups is 2. The normalized spacial score (nSPS) is 16.7. The standard InChI is InChI=1S/C22H28FNO2/c1-2-13-24(14-12-16-6-8-18(23)9-7-16)15-17-4-3-5-20-19(17)10-11-21(25)22(20)26/h6-11,17,25-26H,2-5,12-15H2,1H3. The minimum Gasteiger partial charge on any atom is -0.504 e. The van der Waals surface area contributed by atoms with Crippen LogP contribution in [0.3, 0.4) is 0 Å². The predicted molar refractivity (Wildman–Crippen MR) is 102 cm³/mol. The van der Waals surface area contributed by atoms with Gasteiger partial charge in [-0.15, -0.1) is 0 Å². The van der Waals surface area contributed by atoms with Gasteiger partial charge >= 0.3 is 0 Å². The highest BCUT2D eigenvalue weighted by Gasteiger charge is 2.25. The van der Waals surface area contributed by atoms with Gasteiger partial charge in [0.05, 0.1) is 0 Å². The van der Waals surface area contributed by atoms with Crippen molar-refractivity contribution in [2.45, 2.75) is 44.9 Å². The molecule has 0 fully saturated rings. The maximum absolute atomic E-state index is 13.1. The molecule has 0 bridgehead atoms. The molecule has 1 atom stereocenters. The van der Waals surface area contributed by atoms with E-state index in [0.717, 1.165) is 62.9 Å². The summed E-state index contributed by atoms with van der Waals surface area (Å²) in [4.78, 5) is 2.47. The summed E-state index contributed by atoms with van der Waals surface area (Å²) in [6, 6.07) is 10.3. The Bertz CT molecular complexity index is 730. The summed E-state index contributed by atoms with van der Waals surface area (Å²) in [6.45, 7) is 5.10. The van der Waals surface area contributed by atoms with Crippen LogP contribution in [0.1, 0.15) is 48.8 Å². The molecule has 0 saturated heterocycles. The molecule has 4 heteroatoms. The molecule has 0 aliphatic heterocycles. The first-order valence-corrected chi connectivity index (χ1v) is 9.59. The summed E-state index contributed by atoms with van der Waals surface area (Å²) in [7, 11) is 0. The van der Waals surface area contributed by atoms with Crippen LogP contribution >= 0.6 is 0 Å². The lowest BCUT2D eigenvalue weighted by Crippen LogP contribution is -2.32. The molecule has 1 unspecified atom stereocenters. The molecule has 0 saturated carbocycles. The molecule has 1 aliphatic rings. The molecule has 3 nitrogen and oxygen atoms in total. The van der Waals surface area contributed by atoms with Crippen LogP contribution in [0.4, 0.5) is 4.39 Å². The average molecular weight is 357 g/mol. The summed E-state index contributed by atoms with van der Waals surface area (Å²) in [5.74, 6) is 0.220. The highest BCUT2D eigenvalue weighted by atomic mass is 19.1. The highest BCUT2D eigenvalue weighted by molar-refractivity contribution is 5.51. The molecule has 3 rings (SSSR count). The maximum Gasteiger partial charge on any atom is 0.160 e. The SMILES string of the molecule is CCCN(CCc1ccc(F)cc1)CC1CCCc2c1ccc(O)c2O. The Morgan fingerprint density at radius 3 is 2.58 bits per heavy atom. The molecule has 2 aromatic carbocycles. The highest BCUT2D eigenvalue weighted by Crippen LogP contribution is 2.40. The smallest absolute Gasteiger partial charge is 0.160 e. The molecule has 2 N–H and O–H groups in total. The van der Waals surface area contributed by atoms with Gasteiger partial charge in [-0.2, -0.15) is 0 Å². The van der Waals surface area contributed by atoms with E-state index in [1.807, 2.05) is 18.2 Å². The molecule has 0 amide bonds. The van der Waals surface area contributed by atoms with Gasteiger partial charge in [-0.3, -0.25) is 0 Å². The minimum atomic E-state index is -0.193. The fourth-order valence-corrected chi connectivity index (χ4v) is 4.02. The number of fused-ring (bicyclic) bond motifs is 1. The Morgan fingerprint density at radius 1 is 1.08 bits per heavy atom. The van der Waals surface area contributed by atoms with E-state index in [4.69, 9.17) is 0 Å². The van der Waals surface area contributed by atoms with Gasteiger partial charge in [0.25, 0.3) is 0 Å². The molecule has 0 spiro atoms. The van der Waals surface area contributed by atoms with Gasteiger partial charge in [0.2, 0.25) is 0 Å². The monoisotopic (exact) mass is 357 g/mol. The third kappa shape index (κ3) is 4.36. The van der Waals surface area contributed by atoms with Gasteiger partial charge in [-0.05, 0) is 73.9 Å². The molecule has 0 radical (unpaired) electrons. The minimum absolute atomic E-state index is 0.0221. The summed E-state index contributed by atoms with van der Waals surface area (Å²) < 4.78 is 13.1. The van der Waals surface area contributed by atoms with E-state index in [0.29, 0.717) is 5.92 Å². The number of benzene rings is 2. The summed E-state index contributed by atoms with van der Waals surface area (Å²) in [5, 5.41) is 19.9. The van der Waals surface area contributed by atoms with Crippen LogP contribution in [-0.2, 0) is 12.8 Å². The van der Waals surface area contributed by atoms with Crippen LogP contribution in [0, 0.1) is 5.82 Å². The fraction of sp³-hybridized carbons (Fsp3) is 0.455. The summed E-state index contributed by atoms with van der Waals surface area (Å²) in [6.07, 6.45) is 4.96. The zero-order valence-corrected chi connectivity index (χ0v) is 15.4. The van der Waals surface area contributed by atoms with Crippen molar-refractivity contribution < 1.29 is 14.6 Å². The molecular formula is C22H28FNO2. The summed E-state index contributed by atoms with van der Waals surface area (Å²) in [5.41, 5.74) is 3.24. The second kappa shape index (κ2) is 8.54. The number of phenols is 2. The van der Waals surface area contributed by atoms with Crippen LogP contribution in [0.15, 0.2) is 36.4 Å². The van der Waals surface area contributed by atoms with Gasteiger partial charge in [0.15, 0.2) is 11.5 Å². The number of rotatable bonds is 7. The zero-order chi connectivity index (χ0) is 18.5. The van der Waals surface area contributed by atoms with Gasteiger partial charge in [0.1, 0.15) is 5.82 Å². The van der Waals surface area contributed by atoms with Gasteiger partial charge in [0, 0.05) is 18.7 Å². The third-order valence-corrected chi connectivity index (χ3v) is 5.37. The van der Waals surface area contributed by atoms with E-state index in [9.17, 15) is 14.6 Å². The first kappa shape index (κ1) is 18.7. The Kier molecular flexibility index (Phi) is 6.15. The van der Waals surface area contributed by atoms with Crippen molar-refractivity contribution in [2.75, 3.05) is 19.6 Å². The van der Waals surface area contributed by atoms with E-state index >= 15 is 0 Å². The second-order valence-electron chi connectivity index (χ2n) is 7.27.